The largest absolute Gasteiger partial charge is 0.417 e. The summed E-state index contributed by atoms with van der Waals surface area (Å²) < 4.78 is 6.27. The predicted octanol–water partition coefficient (Wildman–Crippen LogP) is 5.44. The van der Waals surface area contributed by atoms with E-state index in [-0.39, 0.29) is 0 Å². The first-order valence-electron chi connectivity index (χ1n) is 7.04. The van der Waals surface area contributed by atoms with Gasteiger partial charge in [-0.3, -0.25) is 0 Å². The van der Waals surface area contributed by atoms with Crippen molar-refractivity contribution in [2.75, 3.05) is 12.4 Å². The summed E-state index contributed by atoms with van der Waals surface area (Å²) in [5.41, 5.74) is 0. The van der Waals surface area contributed by atoms with Crippen LogP contribution in [0.2, 0.25) is 18.1 Å². The van der Waals surface area contributed by atoms with Gasteiger partial charge < -0.3 is 4.43 Å². The lowest BCUT2D eigenvalue weighted by Crippen LogP contribution is -2.41. The Bertz CT molecular complexity index is 370. The SMILES string of the molecule is C[C@H](CO[Si](C)(C)C(C)(C)C)CSc1ccccc1. The van der Waals surface area contributed by atoms with Crippen molar-refractivity contribution in [3.05, 3.63) is 30.3 Å². The van der Waals surface area contributed by atoms with E-state index in [9.17, 15) is 0 Å². The molecule has 0 saturated heterocycles. The molecule has 0 heterocycles. The minimum Gasteiger partial charge on any atom is -0.417 e. The number of thioether (sulfide) groups is 1. The van der Waals surface area contributed by atoms with E-state index in [1.165, 1.54) is 4.90 Å². The molecule has 19 heavy (non-hydrogen) atoms. The molecule has 0 N–H and O–H groups in total. The second-order valence-corrected chi connectivity index (χ2v) is 12.7. The van der Waals surface area contributed by atoms with Crippen LogP contribution >= 0.6 is 11.8 Å². The van der Waals surface area contributed by atoms with E-state index in [1.54, 1.807) is 0 Å². The molecule has 0 spiro atoms. The fourth-order valence-electron chi connectivity index (χ4n) is 1.37. The zero-order chi connectivity index (χ0) is 14.5. The van der Waals surface area contributed by atoms with E-state index >= 15 is 0 Å². The minimum absolute atomic E-state index is 0.305. The van der Waals surface area contributed by atoms with E-state index in [0.717, 1.165) is 12.4 Å². The number of rotatable bonds is 6. The van der Waals surface area contributed by atoms with Gasteiger partial charge in [-0.2, -0.15) is 0 Å². The van der Waals surface area contributed by atoms with Gasteiger partial charge in [-0.05, 0) is 36.2 Å². The molecular formula is C16H28OSSi. The Balaban J connectivity index is 2.34. The fraction of sp³-hybridized carbons (Fsp3) is 0.625. The van der Waals surface area contributed by atoms with Crippen molar-refractivity contribution in [2.45, 2.75) is 50.7 Å². The molecule has 1 atom stereocenters. The number of benzene rings is 1. The summed E-state index contributed by atoms with van der Waals surface area (Å²) in [4.78, 5) is 1.35. The maximum Gasteiger partial charge on any atom is 0.191 e. The van der Waals surface area contributed by atoms with Gasteiger partial charge in [-0.15, -0.1) is 11.8 Å². The monoisotopic (exact) mass is 296 g/mol. The van der Waals surface area contributed by atoms with Gasteiger partial charge in [0.05, 0.1) is 0 Å². The van der Waals surface area contributed by atoms with Crippen molar-refractivity contribution in [3.63, 3.8) is 0 Å². The van der Waals surface area contributed by atoms with Crippen LogP contribution in [0.3, 0.4) is 0 Å². The molecule has 0 bridgehead atoms. The number of hydrogen-bond donors (Lipinski definition) is 0. The molecule has 0 aromatic heterocycles. The van der Waals surface area contributed by atoms with Gasteiger partial charge in [0.2, 0.25) is 0 Å². The van der Waals surface area contributed by atoms with Gasteiger partial charge in [-0.1, -0.05) is 45.9 Å². The van der Waals surface area contributed by atoms with Crippen LogP contribution in [0.25, 0.3) is 0 Å². The van der Waals surface area contributed by atoms with Crippen LogP contribution < -0.4 is 0 Å². The Morgan fingerprint density at radius 2 is 1.74 bits per heavy atom. The first-order chi connectivity index (χ1) is 8.72. The summed E-state index contributed by atoms with van der Waals surface area (Å²) in [6.07, 6.45) is 0. The molecule has 3 heteroatoms. The molecule has 1 aromatic carbocycles. The molecule has 0 radical (unpaired) electrons. The van der Waals surface area contributed by atoms with Crippen molar-refractivity contribution in [1.82, 2.24) is 0 Å². The Morgan fingerprint density at radius 3 is 2.26 bits per heavy atom. The van der Waals surface area contributed by atoms with Crippen molar-refractivity contribution in [1.29, 1.82) is 0 Å². The molecule has 0 amide bonds. The minimum atomic E-state index is -1.59. The maximum absolute atomic E-state index is 6.27. The quantitative estimate of drug-likeness (QED) is 0.511. The smallest absolute Gasteiger partial charge is 0.191 e. The van der Waals surface area contributed by atoms with Gasteiger partial charge in [0.1, 0.15) is 0 Å². The highest BCUT2D eigenvalue weighted by molar-refractivity contribution is 7.99. The van der Waals surface area contributed by atoms with Gasteiger partial charge in [0.15, 0.2) is 8.32 Å². The van der Waals surface area contributed by atoms with Gasteiger partial charge >= 0.3 is 0 Å². The van der Waals surface area contributed by atoms with Gasteiger partial charge in [-0.25, -0.2) is 0 Å². The molecular weight excluding hydrogens is 268 g/mol. The summed E-state index contributed by atoms with van der Waals surface area (Å²) in [5.74, 6) is 1.72. The van der Waals surface area contributed by atoms with Crippen LogP contribution in [0.15, 0.2) is 35.2 Å². The van der Waals surface area contributed by atoms with Crippen LogP contribution in [0.1, 0.15) is 27.7 Å². The van der Waals surface area contributed by atoms with Crippen LogP contribution in [0.5, 0.6) is 0 Å². The topological polar surface area (TPSA) is 9.23 Å². The summed E-state index contributed by atoms with van der Waals surface area (Å²) >= 11 is 1.92. The predicted molar refractivity (Wildman–Crippen MR) is 89.5 cm³/mol. The summed E-state index contributed by atoms with van der Waals surface area (Å²) in [6, 6.07) is 10.6. The van der Waals surface area contributed by atoms with E-state index in [4.69, 9.17) is 4.43 Å². The van der Waals surface area contributed by atoms with E-state index in [2.05, 4.69) is 71.1 Å². The van der Waals surface area contributed by atoms with Gasteiger partial charge in [0, 0.05) is 17.3 Å². The first-order valence-corrected chi connectivity index (χ1v) is 10.9. The van der Waals surface area contributed by atoms with Crippen LogP contribution in [0, 0.1) is 5.92 Å². The normalized spacial score (nSPS) is 14.4. The zero-order valence-electron chi connectivity index (χ0n) is 13.2. The molecule has 0 fully saturated rings. The Labute approximate surface area is 124 Å². The molecule has 1 rings (SSSR count). The molecule has 1 aromatic rings. The molecule has 0 saturated carbocycles. The lowest BCUT2D eigenvalue weighted by Gasteiger charge is -2.37. The lowest BCUT2D eigenvalue weighted by atomic mass is 10.2. The van der Waals surface area contributed by atoms with E-state index in [0.29, 0.717) is 11.0 Å². The molecule has 108 valence electrons. The fourth-order valence-corrected chi connectivity index (χ4v) is 3.43. The van der Waals surface area contributed by atoms with Crippen molar-refractivity contribution in [2.24, 2.45) is 5.92 Å². The summed E-state index contributed by atoms with van der Waals surface area (Å²) in [6.45, 7) is 14.7. The van der Waals surface area contributed by atoms with E-state index in [1.807, 2.05) is 11.8 Å². The van der Waals surface area contributed by atoms with Crippen LogP contribution in [-0.4, -0.2) is 20.7 Å². The summed E-state index contributed by atoms with van der Waals surface area (Å²) in [7, 11) is -1.59. The third kappa shape index (κ3) is 5.72. The molecule has 1 nitrogen and oxygen atoms in total. The van der Waals surface area contributed by atoms with Crippen molar-refractivity contribution < 1.29 is 4.43 Å². The molecule has 0 aliphatic carbocycles. The highest BCUT2D eigenvalue weighted by Crippen LogP contribution is 2.36. The van der Waals surface area contributed by atoms with Gasteiger partial charge in [0.25, 0.3) is 0 Å². The second kappa shape index (κ2) is 6.96. The first kappa shape index (κ1) is 16.8. The Kier molecular flexibility index (Phi) is 6.15. The zero-order valence-corrected chi connectivity index (χ0v) is 15.0. The number of hydrogen-bond acceptors (Lipinski definition) is 2. The average Bonchev–Trinajstić information content (AvgIpc) is 2.34. The van der Waals surface area contributed by atoms with Crippen LogP contribution in [0.4, 0.5) is 0 Å². The van der Waals surface area contributed by atoms with Crippen molar-refractivity contribution >= 4 is 20.1 Å². The average molecular weight is 297 g/mol. The Hall–Kier alpha value is -0.253. The highest BCUT2D eigenvalue weighted by Gasteiger charge is 2.37. The third-order valence-electron chi connectivity index (χ3n) is 3.81. The third-order valence-corrected chi connectivity index (χ3v) is 9.65. The van der Waals surface area contributed by atoms with Crippen molar-refractivity contribution in [3.8, 4) is 0 Å². The maximum atomic E-state index is 6.27. The van der Waals surface area contributed by atoms with Crippen LogP contribution in [-0.2, 0) is 4.43 Å². The standard InChI is InChI=1S/C16H28OSSi/c1-14(12-17-19(5,6)16(2,3)4)13-18-15-10-8-7-9-11-15/h7-11,14H,12-13H2,1-6H3/t14-/m1/s1. The molecule has 0 aliphatic heterocycles. The molecule has 0 aliphatic rings. The molecule has 0 unspecified atom stereocenters. The second-order valence-electron chi connectivity index (χ2n) is 6.80. The highest BCUT2D eigenvalue weighted by atomic mass is 32.2. The lowest BCUT2D eigenvalue weighted by molar-refractivity contribution is 0.249. The van der Waals surface area contributed by atoms with E-state index < -0.39 is 8.32 Å². The summed E-state index contributed by atoms with van der Waals surface area (Å²) in [5, 5.41) is 0.305. The Morgan fingerprint density at radius 1 is 1.16 bits per heavy atom.